The molecular formula is C17H18N2O4S. The van der Waals surface area contributed by atoms with Crippen LogP contribution in [0.25, 0.3) is 5.69 Å². The van der Waals surface area contributed by atoms with Crippen LogP contribution in [0.3, 0.4) is 0 Å². The van der Waals surface area contributed by atoms with Crippen molar-refractivity contribution in [3.8, 4) is 5.69 Å². The normalized spacial score (nSPS) is 21.6. The number of rotatable bonds is 3. The Bertz CT molecular complexity index is 887. The van der Waals surface area contributed by atoms with Gasteiger partial charge in [0, 0.05) is 11.3 Å². The predicted molar refractivity (Wildman–Crippen MR) is 88.1 cm³/mol. The summed E-state index contributed by atoms with van der Waals surface area (Å²) in [6.07, 6.45) is 2.48. The molecule has 1 fully saturated rings. The van der Waals surface area contributed by atoms with Gasteiger partial charge in [-0.3, -0.25) is 0 Å². The number of sulfone groups is 1. The number of carbonyl (C=O) groups excluding carboxylic acids is 1. The van der Waals surface area contributed by atoms with Crippen molar-refractivity contribution in [3.63, 3.8) is 0 Å². The van der Waals surface area contributed by atoms with E-state index >= 15 is 0 Å². The molecule has 0 spiro atoms. The molecule has 126 valence electrons. The fourth-order valence-corrected chi connectivity index (χ4v) is 5.03. The van der Waals surface area contributed by atoms with Crippen molar-refractivity contribution < 1.29 is 17.9 Å². The van der Waals surface area contributed by atoms with Gasteiger partial charge in [0.25, 0.3) is 0 Å². The molecule has 2 aliphatic rings. The molecule has 1 aromatic heterocycles. The Morgan fingerprint density at radius 1 is 1.21 bits per heavy atom. The molecule has 2 aromatic rings. The number of hydrogen-bond donors (Lipinski definition) is 0. The molecule has 2 heterocycles. The van der Waals surface area contributed by atoms with Gasteiger partial charge in [-0.1, -0.05) is 18.2 Å². The summed E-state index contributed by atoms with van der Waals surface area (Å²) in [5.41, 5.74) is 3.23. The maximum atomic E-state index is 12.5. The molecule has 1 atom stereocenters. The first kappa shape index (κ1) is 15.4. The number of carbonyl (C=O) groups is 1. The van der Waals surface area contributed by atoms with Crippen LogP contribution >= 0.6 is 0 Å². The predicted octanol–water partition coefficient (Wildman–Crippen LogP) is 1.70. The summed E-state index contributed by atoms with van der Waals surface area (Å²) >= 11 is 0. The highest BCUT2D eigenvalue weighted by Crippen LogP contribution is 2.29. The number of benzene rings is 1. The lowest BCUT2D eigenvalue weighted by Crippen LogP contribution is -2.20. The maximum Gasteiger partial charge on any atom is 0.359 e. The quantitative estimate of drug-likeness (QED) is 0.791. The molecule has 0 radical (unpaired) electrons. The number of hydrogen-bond acceptors (Lipinski definition) is 5. The van der Waals surface area contributed by atoms with E-state index in [2.05, 4.69) is 5.10 Å². The minimum atomic E-state index is -3.08. The molecule has 0 saturated carbocycles. The van der Waals surface area contributed by atoms with Gasteiger partial charge < -0.3 is 4.74 Å². The summed E-state index contributed by atoms with van der Waals surface area (Å²) in [5.74, 6) is -0.508. The molecule has 6 nitrogen and oxygen atoms in total. The Labute approximate surface area is 140 Å². The van der Waals surface area contributed by atoms with Crippen molar-refractivity contribution in [2.45, 2.75) is 31.8 Å². The third-order valence-electron chi connectivity index (χ3n) is 4.59. The Morgan fingerprint density at radius 2 is 2.00 bits per heavy atom. The minimum Gasteiger partial charge on any atom is -0.456 e. The van der Waals surface area contributed by atoms with Gasteiger partial charge in [-0.2, -0.15) is 5.10 Å². The van der Waals surface area contributed by atoms with Crippen molar-refractivity contribution in [1.29, 1.82) is 0 Å². The van der Waals surface area contributed by atoms with E-state index in [9.17, 15) is 13.2 Å². The van der Waals surface area contributed by atoms with E-state index in [-0.39, 0.29) is 11.5 Å². The van der Waals surface area contributed by atoms with Gasteiger partial charge in [0.1, 0.15) is 6.10 Å². The summed E-state index contributed by atoms with van der Waals surface area (Å²) in [5, 5.41) is 4.47. The number of fused-ring (bicyclic) bond motifs is 1. The molecule has 1 unspecified atom stereocenters. The number of ether oxygens (including phenoxy) is 1. The fraction of sp³-hybridized carbons (Fsp3) is 0.412. The Morgan fingerprint density at radius 3 is 2.71 bits per heavy atom. The van der Waals surface area contributed by atoms with Gasteiger partial charge in [-0.25, -0.2) is 17.9 Å². The highest BCUT2D eigenvalue weighted by molar-refractivity contribution is 7.91. The number of esters is 1. The SMILES string of the molecule is O=C(OC1CCS(=O)(=O)C1)c1nn(-c2ccccc2)c2c1CCC2. The number of aromatic nitrogens is 2. The first-order chi connectivity index (χ1) is 11.5. The van der Waals surface area contributed by atoms with E-state index in [0.29, 0.717) is 12.1 Å². The minimum absolute atomic E-state index is 0.0830. The third-order valence-corrected chi connectivity index (χ3v) is 6.33. The van der Waals surface area contributed by atoms with E-state index in [4.69, 9.17) is 4.74 Å². The molecule has 0 bridgehead atoms. The second kappa shape index (κ2) is 5.73. The van der Waals surface area contributed by atoms with Crippen LogP contribution in [0.15, 0.2) is 30.3 Å². The molecular weight excluding hydrogens is 328 g/mol. The molecule has 7 heteroatoms. The molecule has 4 rings (SSSR count). The molecule has 1 aromatic carbocycles. The van der Waals surface area contributed by atoms with Crippen LogP contribution in [0.5, 0.6) is 0 Å². The largest absolute Gasteiger partial charge is 0.456 e. The van der Waals surface area contributed by atoms with Crippen LogP contribution in [0.4, 0.5) is 0 Å². The summed E-state index contributed by atoms with van der Waals surface area (Å²) in [4.78, 5) is 12.5. The van der Waals surface area contributed by atoms with Crippen LogP contribution in [0.1, 0.15) is 34.6 Å². The molecule has 1 aliphatic carbocycles. The summed E-state index contributed by atoms with van der Waals surface area (Å²) < 4.78 is 30.3. The summed E-state index contributed by atoms with van der Waals surface area (Å²) in [6, 6.07) is 9.69. The highest BCUT2D eigenvalue weighted by atomic mass is 32.2. The average Bonchev–Trinajstić information content (AvgIpc) is 3.23. The Hall–Kier alpha value is -2.15. The zero-order valence-corrected chi connectivity index (χ0v) is 14.0. The van der Waals surface area contributed by atoms with Crippen molar-refractivity contribution in [2.75, 3.05) is 11.5 Å². The van der Waals surface area contributed by atoms with E-state index in [1.807, 2.05) is 35.0 Å². The summed E-state index contributed by atoms with van der Waals surface area (Å²) in [6.45, 7) is 0. The molecule has 0 amide bonds. The maximum absolute atomic E-state index is 12.5. The number of nitrogens with zero attached hydrogens (tertiary/aromatic N) is 2. The van der Waals surface area contributed by atoms with Crippen molar-refractivity contribution in [2.24, 2.45) is 0 Å². The van der Waals surface area contributed by atoms with Crippen LogP contribution in [0.2, 0.25) is 0 Å². The second-order valence-corrected chi connectivity index (χ2v) is 8.53. The van der Waals surface area contributed by atoms with Crippen LogP contribution < -0.4 is 0 Å². The Balaban J connectivity index is 1.63. The first-order valence-corrected chi connectivity index (χ1v) is 9.93. The second-order valence-electron chi connectivity index (χ2n) is 6.31. The molecule has 24 heavy (non-hydrogen) atoms. The zero-order chi connectivity index (χ0) is 16.7. The zero-order valence-electron chi connectivity index (χ0n) is 13.1. The van der Waals surface area contributed by atoms with Gasteiger partial charge in [-0.15, -0.1) is 0 Å². The van der Waals surface area contributed by atoms with Gasteiger partial charge >= 0.3 is 5.97 Å². The lowest BCUT2D eigenvalue weighted by molar-refractivity contribution is 0.0347. The standard InChI is InChI=1S/C17H18N2O4S/c20-17(23-13-9-10-24(21,22)11-13)16-14-7-4-8-15(14)19(18-16)12-5-2-1-3-6-12/h1-3,5-6,13H,4,7-11H2. The lowest BCUT2D eigenvalue weighted by Gasteiger charge is -2.09. The molecule has 1 saturated heterocycles. The average molecular weight is 346 g/mol. The van der Waals surface area contributed by atoms with Gasteiger partial charge in [-0.05, 0) is 37.8 Å². The van der Waals surface area contributed by atoms with Gasteiger partial charge in [0.2, 0.25) is 0 Å². The van der Waals surface area contributed by atoms with E-state index in [1.165, 1.54) is 0 Å². The monoisotopic (exact) mass is 346 g/mol. The van der Waals surface area contributed by atoms with Gasteiger partial charge in [0.05, 0.1) is 17.2 Å². The van der Waals surface area contributed by atoms with Crippen molar-refractivity contribution in [3.05, 3.63) is 47.3 Å². The van der Waals surface area contributed by atoms with E-state index in [1.54, 1.807) is 0 Å². The first-order valence-electron chi connectivity index (χ1n) is 8.11. The van der Waals surface area contributed by atoms with Crippen LogP contribution in [-0.2, 0) is 27.4 Å². The van der Waals surface area contributed by atoms with E-state index < -0.39 is 21.9 Å². The topological polar surface area (TPSA) is 78.3 Å². The fourth-order valence-electron chi connectivity index (χ4n) is 3.45. The molecule has 0 N–H and O–H groups in total. The van der Waals surface area contributed by atoms with Crippen molar-refractivity contribution in [1.82, 2.24) is 9.78 Å². The molecule has 1 aliphatic heterocycles. The smallest absolute Gasteiger partial charge is 0.359 e. The highest BCUT2D eigenvalue weighted by Gasteiger charge is 2.34. The van der Waals surface area contributed by atoms with Crippen LogP contribution in [-0.4, -0.2) is 41.8 Å². The third kappa shape index (κ3) is 2.73. The number of para-hydroxylation sites is 1. The van der Waals surface area contributed by atoms with E-state index in [0.717, 1.165) is 36.2 Å². The van der Waals surface area contributed by atoms with Crippen molar-refractivity contribution >= 4 is 15.8 Å². The Kier molecular flexibility index (Phi) is 3.68. The van der Waals surface area contributed by atoms with Gasteiger partial charge in [0.15, 0.2) is 15.5 Å². The van der Waals surface area contributed by atoms with Crippen LogP contribution in [0, 0.1) is 0 Å². The lowest BCUT2D eigenvalue weighted by atomic mass is 10.2. The summed E-state index contributed by atoms with van der Waals surface area (Å²) in [7, 11) is -3.08.